The molecule has 0 aromatic heterocycles. The van der Waals surface area contributed by atoms with Gasteiger partial charge in [-0.2, -0.15) is 0 Å². The summed E-state index contributed by atoms with van der Waals surface area (Å²) in [6.45, 7) is 0.623. The highest BCUT2D eigenvalue weighted by Gasteiger charge is 1.95. The van der Waals surface area contributed by atoms with E-state index < -0.39 is 0 Å². The average molecular weight is 230 g/mol. The van der Waals surface area contributed by atoms with Crippen molar-refractivity contribution in [2.75, 3.05) is 0 Å². The summed E-state index contributed by atoms with van der Waals surface area (Å²) < 4.78 is 29.4. The lowest BCUT2D eigenvalue weighted by atomic mass is 10.1. The van der Waals surface area contributed by atoms with Crippen LogP contribution in [0, 0.1) is 0 Å². The zero-order valence-electron chi connectivity index (χ0n) is 7.25. The number of rotatable bonds is 6. The van der Waals surface area contributed by atoms with Crippen LogP contribution < -0.4 is 0 Å². The third-order valence-electron chi connectivity index (χ3n) is 1.59. The van der Waals surface area contributed by atoms with E-state index in [4.69, 9.17) is 0 Å². The highest BCUT2D eigenvalue weighted by Crippen LogP contribution is 2.11. The van der Waals surface area contributed by atoms with Crippen molar-refractivity contribution in [1.29, 1.82) is 0 Å². The Morgan fingerprint density at radius 1 is 0.857 bits per heavy atom. The molecule has 0 saturated heterocycles. The van der Waals surface area contributed by atoms with Crippen LogP contribution in [-0.2, 0) is 31.4 Å². The van der Waals surface area contributed by atoms with E-state index in [1.165, 1.54) is 0 Å². The van der Waals surface area contributed by atoms with Crippen molar-refractivity contribution in [3.05, 3.63) is 35.4 Å². The minimum Gasteiger partial charge on any atom is -0.290 e. The monoisotopic (exact) mass is 230 g/mol. The van der Waals surface area contributed by atoms with E-state index >= 15 is 0 Å². The zero-order valence-corrected chi connectivity index (χ0v) is 9.04. The Morgan fingerprint density at radius 3 is 1.50 bits per heavy atom. The molecule has 0 N–H and O–H groups in total. The van der Waals surface area contributed by atoms with Gasteiger partial charge >= 0.3 is 17.4 Å². The third kappa shape index (κ3) is 4.03. The molecule has 0 atom stereocenters. The molecule has 0 saturated carbocycles. The summed E-state index contributed by atoms with van der Waals surface area (Å²) in [6, 6.07) is 7.36. The fourth-order valence-corrected chi connectivity index (χ4v) is 1.34. The Hall–Kier alpha value is -0.660. The maximum absolute atomic E-state index is 10.0. The first-order valence-electron chi connectivity index (χ1n) is 3.84. The predicted molar refractivity (Wildman–Crippen MR) is 51.2 cm³/mol. The van der Waals surface area contributed by atoms with Gasteiger partial charge in [-0.1, -0.05) is 24.3 Å². The molecule has 0 unspecified atom stereocenters. The molecule has 0 radical (unpaired) electrons. The molecule has 74 valence electrons. The van der Waals surface area contributed by atoms with Crippen molar-refractivity contribution < 1.29 is 18.2 Å². The summed E-state index contributed by atoms with van der Waals surface area (Å²) in [5.41, 5.74) is 1.86. The number of benzene rings is 1. The van der Waals surface area contributed by atoms with E-state index in [0.29, 0.717) is 13.2 Å². The number of hydrogen-bond donors (Lipinski definition) is 0. The van der Waals surface area contributed by atoms with Crippen LogP contribution in [0.15, 0.2) is 24.3 Å². The standard InChI is InChI=1S/C8H8O4P2/c9-13-11-5-7-1-2-8(4-3-7)6-12-14-10/h1-4H,5-6H2. The van der Waals surface area contributed by atoms with Crippen LogP contribution in [0.1, 0.15) is 11.1 Å². The quantitative estimate of drug-likeness (QED) is 0.704. The normalized spacial score (nSPS) is 10.9. The highest BCUT2D eigenvalue weighted by molar-refractivity contribution is 7.17. The molecule has 0 bridgehead atoms. The second kappa shape index (κ2) is 6.74. The SMILES string of the molecule is O=POCc1ccc(COP=O)cc1. The average Bonchev–Trinajstić information content (AvgIpc) is 2.25. The summed E-state index contributed by atoms with van der Waals surface area (Å²) in [5.74, 6) is 0. The van der Waals surface area contributed by atoms with Crippen molar-refractivity contribution in [3.8, 4) is 0 Å². The molecule has 1 aromatic carbocycles. The van der Waals surface area contributed by atoms with Crippen molar-refractivity contribution >= 4 is 17.4 Å². The molecule has 0 amide bonds. The van der Waals surface area contributed by atoms with Gasteiger partial charge in [0.2, 0.25) is 0 Å². The molecule has 0 aliphatic heterocycles. The first kappa shape index (κ1) is 11.4. The van der Waals surface area contributed by atoms with Gasteiger partial charge in [-0.3, -0.25) is 9.05 Å². The van der Waals surface area contributed by atoms with Gasteiger partial charge in [0.1, 0.15) is 0 Å². The van der Waals surface area contributed by atoms with Gasteiger partial charge in [0.15, 0.2) is 0 Å². The van der Waals surface area contributed by atoms with Gasteiger partial charge in [-0.25, -0.2) is 9.13 Å². The van der Waals surface area contributed by atoms with Crippen molar-refractivity contribution in [2.45, 2.75) is 13.2 Å². The van der Waals surface area contributed by atoms with Crippen molar-refractivity contribution in [2.24, 2.45) is 0 Å². The molecule has 0 fully saturated rings. The van der Waals surface area contributed by atoms with Crippen LogP contribution in [0.5, 0.6) is 0 Å². The minimum absolute atomic E-state index is 0.312. The smallest absolute Gasteiger partial charge is 0.290 e. The van der Waals surface area contributed by atoms with E-state index in [0.717, 1.165) is 11.1 Å². The van der Waals surface area contributed by atoms with Crippen LogP contribution in [0.2, 0.25) is 0 Å². The Bertz CT molecular complexity index is 268. The Morgan fingerprint density at radius 2 is 1.21 bits per heavy atom. The first-order valence-corrected chi connectivity index (χ1v) is 5.30. The molecular weight excluding hydrogens is 222 g/mol. The molecule has 6 heteroatoms. The Labute approximate surface area is 84.8 Å². The van der Waals surface area contributed by atoms with Gasteiger partial charge in [-0.05, 0) is 11.1 Å². The van der Waals surface area contributed by atoms with Gasteiger partial charge in [0.05, 0.1) is 13.2 Å². The molecule has 0 heterocycles. The van der Waals surface area contributed by atoms with E-state index in [9.17, 15) is 9.13 Å². The Kier molecular flexibility index (Phi) is 5.50. The molecule has 14 heavy (non-hydrogen) atoms. The van der Waals surface area contributed by atoms with Gasteiger partial charge < -0.3 is 0 Å². The fourth-order valence-electron chi connectivity index (χ4n) is 0.933. The molecule has 1 rings (SSSR count). The van der Waals surface area contributed by atoms with Crippen LogP contribution >= 0.6 is 17.4 Å². The first-order chi connectivity index (χ1) is 6.86. The van der Waals surface area contributed by atoms with Gasteiger partial charge in [-0.15, -0.1) is 0 Å². The minimum atomic E-state index is -0.319. The molecular formula is C8H8O4P2. The summed E-state index contributed by atoms with van der Waals surface area (Å²) >= 11 is 0. The second-order valence-corrected chi connectivity index (χ2v) is 3.33. The van der Waals surface area contributed by atoms with Crippen LogP contribution in [0.25, 0.3) is 0 Å². The van der Waals surface area contributed by atoms with Gasteiger partial charge in [0.25, 0.3) is 0 Å². The topological polar surface area (TPSA) is 52.6 Å². The lowest BCUT2D eigenvalue weighted by Crippen LogP contribution is -1.87. The third-order valence-corrected chi connectivity index (χ3v) is 2.06. The van der Waals surface area contributed by atoms with E-state index in [1.54, 1.807) is 0 Å². The maximum atomic E-state index is 10.0. The summed E-state index contributed by atoms with van der Waals surface area (Å²) in [4.78, 5) is 0. The van der Waals surface area contributed by atoms with Crippen molar-refractivity contribution in [1.82, 2.24) is 0 Å². The van der Waals surface area contributed by atoms with Crippen LogP contribution in [-0.4, -0.2) is 0 Å². The zero-order chi connectivity index (χ0) is 10.2. The summed E-state index contributed by atoms with van der Waals surface area (Å²) in [6.07, 6.45) is 0. The van der Waals surface area contributed by atoms with Crippen LogP contribution in [0.4, 0.5) is 0 Å². The highest BCUT2D eigenvalue weighted by atomic mass is 31.1. The largest absolute Gasteiger partial charge is 0.327 e. The lowest BCUT2D eigenvalue weighted by Gasteiger charge is -2.00. The van der Waals surface area contributed by atoms with E-state index in [-0.39, 0.29) is 17.4 Å². The molecule has 0 aliphatic carbocycles. The Balaban J connectivity index is 2.49. The van der Waals surface area contributed by atoms with E-state index in [2.05, 4.69) is 9.05 Å². The summed E-state index contributed by atoms with van der Waals surface area (Å²) in [7, 11) is -0.639. The van der Waals surface area contributed by atoms with Gasteiger partial charge in [0, 0.05) is 0 Å². The number of hydrogen-bond acceptors (Lipinski definition) is 4. The molecule has 0 spiro atoms. The predicted octanol–water partition coefficient (Wildman–Crippen LogP) is 3.13. The molecule has 4 nitrogen and oxygen atoms in total. The van der Waals surface area contributed by atoms with Crippen LogP contribution in [0.3, 0.4) is 0 Å². The second-order valence-electron chi connectivity index (χ2n) is 2.51. The molecule has 1 aromatic rings. The fraction of sp³-hybridized carbons (Fsp3) is 0.250. The molecule has 0 aliphatic rings. The summed E-state index contributed by atoms with van der Waals surface area (Å²) in [5, 5.41) is 0. The maximum Gasteiger partial charge on any atom is 0.327 e. The van der Waals surface area contributed by atoms with E-state index in [1.807, 2.05) is 24.3 Å². The van der Waals surface area contributed by atoms with Crippen molar-refractivity contribution in [3.63, 3.8) is 0 Å². The lowest BCUT2D eigenvalue weighted by molar-refractivity contribution is 0.328.